The van der Waals surface area contributed by atoms with Crippen molar-refractivity contribution in [1.82, 2.24) is 13.7 Å². The van der Waals surface area contributed by atoms with Crippen LogP contribution in [0, 0.1) is 0 Å². The highest BCUT2D eigenvalue weighted by Crippen LogP contribution is 2.47. The zero-order chi connectivity index (χ0) is 32.1. The summed E-state index contributed by atoms with van der Waals surface area (Å²) < 4.78 is 7.38. The van der Waals surface area contributed by atoms with E-state index in [0.717, 1.165) is 17.1 Å². The van der Waals surface area contributed by atoms with E-state index in [0.29, 0.717) is 0 Å². The molecule has 228 valence electrons. The van der Waals surface area contributed by atoms with Gasteiger partial charge in [0.25, 0.3) is 0 Å². The summed E-state index contributed by atoms with van der Waals surface area (Å²) in [7, 11) is 0. The fraction of sp³-hybridized carbons (Fsp3) is 0. The van der Waals surface area contributed by atoms with Crippen molar-refractivity contribution in [3.8, 4) is 17.1 Å². The van der Waals surface area contributed by atoms with Gasteiger partial charge in [-0.1, -0.05) is 121 Å². The van der Waals surface area contributed by atoms with Crippen LogP contribution in [0.1, 0.15) is 0 Å². The lowest BCUT2D eigenvalue weighted by Gasteiger charge is -2.14. The summed E-state index contributed by atoms with van der Waals surface area (Å²) in [5, 5.41) is 10.1. The highest BCUT2D eigenvalue weighted by atomic mass is 15.0. The van der Waals surface area contributed by atoms with Crippen LogP contribution in [0.2, 0.25) is 0 Å². The van der Waals surface area contributed by atoms with Crippen molar-refractivity contribution in [2.75, 3.05) is 0 Å². The Bertz CT molecular complexity index is 3050. The summed E-state index contributed by atoms with van der Waals surface area (Å²) in [4.78, 5) is 0. The Labute approximate surface area is 282 Å². The summed E-state index contributed by atoms with van der Waals surface area (Å²) in [6.45, 7) is 0. The normalized spacial score (nSPS) is 12.1. The molecular formula is C46H29N3. The number of hydrogen-bond acceptors (Lipinski definition) is 0. The van der Waals surface area contributed by atoms with Gasteiger partial charge >= 0.3 is 0 Å². The van der Waals surface area contributed by atoms with Crippen LogP contribution in [0.25, 0.3) is 93.3 Å². The van der Waals surface area contributed by atoms with Gasteiger partial charge in [0.15, 0.2) is 0 Å². The van der Waals surface area contributed by atoms with Crippen LogP contribution in [-0.4, -0.2) is 13.7 Å². The molecule has 0 spiro atoms. The number of rotatable bonds is 3. The predicted octanol–water partition coefficient (Wildman–Crippen LogP) is 12.1. The highest BCUT2D eigenvalue weighted by Gasteiger charge is 2.24. The van der Waals surface area contributed by atoms with Crippen LogP contribution >= 0.6 is 0 Å². The van der Waals surface area contributed by atoms with Crippen LogP contribution < -0.4 is 0 Å². The number of para-hydroxylation sites is 5. The second-order valence-electron chi connectivity index (χ2n) is 12.9. The van der Waals surface area contributed by atoms with E-state index in [1.165, 1.54) is 76.2 Å². The number of nitrogens with zero attached hydrogens (tertiary/aromatic N) is 3. The lowest BCUT2D eigenvalue weighted by atomic mass is 9.99. The second kappa shape index (κ2) is 9.96. The van der Waals surface area contributed by atoms with Crippen molar-refractivity contribution in [1.29, 1.82) is 0 Å². The maximum atomic E-state index is 2.50. The van der Waals surface area contributed by atoms with Crippen LogP contribution in [0.15, 0.2) is 176 Å². The van der Waals surface area contributed by atoms with E-state index in [-0.39, 0.29) is 0 Å². The maximum absolute atomic E-state index is 2.50. The first kappa shape index (κ1) is 26.5. The minimum atomic E-state index is 1.14. The Balaban J connectivity index is 1.33. The summed E-state index contributed by atoms with van der Waals surface area (Å²) >= 11 is 0. The van der Waals surface area contributed by atoms with Crippen molar-refractivity contribution in [2.24, 2.45) is 0 Å². The Morgan fingerprint density at radius 2 is 0.653 bits per heavy atom. The molecule has 0 aliphatic heterocycles. The van der Waals surface area contributed by atoms with Gasteiger partial charge in [0, 0.05) is 54.8 Å². The molecule has 0 radical (unpaired) electrons. The van der Waals surface area contributed by atoms with Crippen LogP contribution in [0.5, 0.6) is 0 Å². The molecule has 49 heavy (non-hydrogen) atoms. The molecule has 0 saturated heterocycles. The Morgan fingerprint density at radius 3 is 1.27 bits per heavy atom. The van der Waals surface area contributed by atoms with Gasteiger partial charge in [0.05, 0.1) is 33.1 Å². The Hall–Kier alpha value is -6.58. The molecular weight excluding hydrogens is 595 g/mol. The molecule has 0 saturated carbocycles. The monoisotopic (exact) mass is 623 g/mol. The molecule has 0 amide bonds. The van der Waals surface area contributed by atoms with E-state index >= 15 is 0 Å². The van der Waals surface area contributed by atoms with Gasteiger partial charge in [-0.2, -0.15) is 0 Å². The number of benzene rings is 8. The van der Waals surface area contributed by atoms with E-state index in [9.17, 15) is 0 Å². The Morgan fingerprint density at radius 1 is 0.245 bits per heavy atom. The van der Waals surface area contributed by atoms with Gasteiger partial charge in [-0.25, -0.2) is 0 Å². The average Bonchev–Trinajstić information content (AvgIpc) is 3.82. The van der Waals surface area contributed by atoms with Crippen molar-refractivity contribution in [3.63, 3.8) is 0 Å². The summed E-state index contributed by atoms with van der Waals surface area (Å²) in [6, 6.07) is 64.1. The highest BCUT2D eigenvalue weighted by molar-refractivity contribution is 6.36. The largest absolute Gasteiger partial charge is 0.309 e. The van der Waals surface area contributed by atoms with E-state index in [2.05, 4.69) is 190 Å². The molecule has 0 aliphatic carbocycles. The van der Waals surface area contributed by atoms with E-state index in [4.69, 9.17) is 0 Å². The molecule has 0 aliphatic rings. The van der Waals surface area contributed by atoms with Gasteiger partial charge in [-0.05, 0) is 60.0 Å². The standard InChI is InChI=1S/C46H29N3/c1-2-15-30(16-3-1)48-41-27-12-8-23-37(41)43-35-21-4-5-22-36(35)45-44(46(43)48)38-24-9-13-28-42(38)49(45)32-18-14-17-31(29-32)47-39-25-10-6-19-33(39)34-20-7-11-26-40(34)47/h1-29H. The molecule has 0 atom stereocenters. The molecule has 3 heteroatoms. The maximum Gasteiger partial charge on any atom is 0.0647 e. The van der Waals surface area contributed by atoms with Gasteiger partial charge in [-0.15, -0.1) is 0 Å². The first-order valence-electron chi connectivity index (χ1n) is 16.9. The zero-order valence-corrected chi connectivity index (χ0v) is 26.6. The van der Waals surface area contributed by atoms with Gasteiger partial charge in [0.1, 0.15) is 0 Å². The molecule has 0 fully saturated rings. The van der Waals surface area contributed by atoms with Crippen LogP contribution in [0.4, 0.5) is 0 Å². The summed E-state index contributed by atoms with van der Waals surface area (Å²) in [5.41, 5.74) is 10.7. The predicted molar refractivity (Wildman–Crippen MR) is 207 cm³/mol. The molecule has 0 unspecified atom stereocenters. The molecule has 3 heterocycles. The molecule has 8 aromatic carbocycles. The topological polar surface area (TPSA) is 14.8 Å². The van der Waals surface area contributed by atoms with Crippen molar-refractivity contribution in [2.45, 2.75) is 0 Å². The van der Waals surface area contributed by atoms with E-state index < -0.39 is 0 Å². The number of aromatic nitrogens is 3. The van der Waals surface area contributed by atoms with Crippen molar-refractivity contribution >= 4 is 76.2 Å². The number of fused-ring (bicyclic) bond motifs is 13. The smallest absolute Gasteiger partial charge is 0.0647 e. The van der Waals surface area contributed by atoms with E-state index in [1.807, 2.05) is 0 Å². The first-order valence-corrected chi connectivity index (χ1v) is 16.9. The first-order chi connectivity index (χ1) is 24.4. The molecule has 0 N–H and O–H groups in total. The second-order valence-corrected chi connectivity index (χ2v) is 12.9. The van der Waals surface area contributed by atoms with E-state index in [1.54, 1.807) is 0 Å². The third-order valence-electron chi connectivity index (χ3n) is 10.4. The van der Waals surface area contributed by atoms with Crippen molar-refractivity contribution < 1.29 is 0 Å². The van der Waals surface area contributed by atoms with Crippen LogP contribution in [-0.2, 0) is 0 Å². The number of hydrogen-bond donors (Lipinski definition) is 0. The fourth-order valence-corrected chi connectivity index (χ4v) is 8.48. The SMILES string of the molecule is c1ccc(-n2c3ccccc3c3c4ccccc4c4c(c5ccccc5n4-c4cccc(-n5c6ccccc6c6ccccc65)c4)c32)cc1. The minimum Gasteiger partial charge on any atom is -0.309 e. The van der Waals surface area contributed by atoms with Crippen molar-refractivity contribution in [3.05, 3.63) is 176 Å². The molecule has 11 aromatic rings. The quantitative estimate of drug-likeness (QED) is 0.186. The summed E-state index contributed by atoms with van der Waals surface area (Å²) in [6.07, 6.45) is 0. The van der Waals surface area contributed by atoms with Gasteiger partial charge in [-0.3, -0.25) is 0 Å². The lowest BCUT2D eigenvalue weighted by molar-refractivity contribution is 1.14. The third kappa shape index (κ3) is 3.56. The molecule has 0 bridgehead atoms. The minimum absolute atomic E-state index is 1.14. The zero-order valence-electron chi connectivity index (χ0n) is 26.6. The average molecular weight is 624 g/mol. The lowest BCUT2D eigenvalue weighted by Crippen LogP contribution is -1.99. The van der Waals surface area contributed by atoms with Crippen LogP contribution in [0.3, 0.4) is 0 Å². The molecule has 11 rings (SSSR count). The van der Waals surface area contributed by atoms with Gasteiger partial charge in [0.2, 0.25) is 0 Å². The molecule has 3 aromatic heterocycles. The summed E-state index contributed by atoms with van der Waals surface area (Å²) in [5.74, 6) is 0. The van der Waals surface area contributed by atoms with Gasteiger partial charge < -0.3 is 13.7 Å². The third-order valence-corrected chi connectivity index (χ3v) is 10.4. The fourth-order valence-electron chi connectivity index (χ4n) is 8.48. The Kier molecular flexibility index (Phi) is 5.38. The molecule has 3 nitrogen and oxygen atoms in total.